The van der Waals surface area contributed by atoms with Gasteiger partial charge in [0, 0.05) is 5.69 Å². The van der Waals surface area contributed by atoms with E-state index >= 15 is 0 Å². The van der Waals surface area contributed by atoms with E-state index in [-0.39, 0.29) is 6.42 Å². The van der Waals surface area contributed by atoms with E-state index in [0.29, 0.717) is 5.69 Å². The molecule has 20 heavy (non-hydrogen) atoms. The summed E-state index contributed by atoms with van der Waals surface area (Å²) in [5.41, 5.74) is 3.16. The number of hydrogen-bond donors (Lipinski definition) is 3. The molecule has 0 spiro atoms. The second-order valence-electron chi connectivity index (χ2n) is 4.05. The number of nitrogens with zero attached hydrogens (tertiary/aromatic N) is 1. The number of aromatic nitrogens is 1. The lowest BCUT2D eigenvalue weighted by atomic mass is 10.2. The molecule has 6 nitrogen and oxygen atoms in total. The van der Waals surface area contributed by atoms with E-state index in [1.807, 2.05) is 0 Å². The van der Waals surface area contributed by atoms with Gasteiger partial charge in [0.25, 0.3) is 0 Å². The zero-order chi connectivity index (χ0) is 14.5. The molecule has 1 unspecified atom stereocenters. The predicted octanol–water partition coefficient (Wildman–Crippen LogP) is 2.45. The van der Waals surface area contributed by atoms with Gasteiger partial charge in [0.15, 0.2) is 0 Å². The number of anilines is 1. The van der Waals surface area contributed by atoms with Crippen molar-refractivity contribution in [3.8, 4) is 0 Å². The van der Waals surface area contributed by atoms with Gasteiger partial charge < -0.3 is 15.7 Å². The summed E-state index contributed by atoms with van der Waals surface area (Å²) in [5, 5.41) is 13.9. The van der Waals surface area contributed by atoms with Crippen LogP contribution in [0.25, 0.3) is 10.2 Å². The molecule has 7 heteroatoms. The summed E-state index contributed by atoms with van der Waals surface area (Å²) in [7, 11) is 0. The number of rotatable bonds is 5. The topological polar surface area (TPSA) is 91.3 Å². The largest absolute Gasteiger partial charge is 0.480 e. The van der Waals surface area contributed by atoms with Gasteiger partial charge in [-0.15, -0.1) is 17.9 Å². The second kappa shape index (κ2) is 6.16. The van der Waals surface area contributed by atoms with E-state index in [2.05, 4.69) is 22.2 Å². The van der Waals surface area contributed by atoms with Gasteiger partial charge in [-0.2, -0.15) is 0 Å². The first-order chi connectivity index (χ1) is 9.60. The van der Waals surface area contributed by atoms with Crippen LogP contribution in [0.5, 0.6) is 0 Å². The SMILES string of the molecule is C=CCC(NC(=O)Nc1ccc2ncsc2c1)C(=O)O. The molecule has 1 aromatic heterocycles. The Labute approximate surface area is 119 Å². The fourth-order valence-electron chi connectivity index (χ4n) is 1.65. The van der Waals surface area contributed by atoms with Crippen LogP contribution < -0.4 is 10.6 Å². The number of carboxylic acids is 1. The molecule has 0 aliphatic rings. The van der Waals surface area contributed by atoms with Crippen LogP contribution in [0.2, 0.25) is 0 Å². The highest BCUT2D eigenvalue weighted by Crippen LogP contribution is 2.21. The molecular formula is C13H13N3O3S. The average molecular weight is 291 g/mol. The fourth-order valence-corrected chi connectivity index (χ4v) is 2.36. The van der Waals surface area contributed by atoms with Gasteiger partial charge in [0.1, 0.15) is 6.04 Å². The first-order valence-corrected chi connectivity index (χ1v) is 6.72. The van der Waals surface area contributed by atoms with E-state index in [9.17, 15) is 9.59 Å². The Bertz CT molecular complexity index is 653. The summed E-state index contributed by atoms with van der Waals surface area (Å²) in [6.07, 6.45) is 1.61. The Morgan fingerprint density at radius 2 is 2.30 bits per heavy atom. The summed E-state index contributed by atoms with van der Waals surface area (Å²) < 4.78 is 0.948. The van der Waals surface area contributed by atoms with Crippen molar-refractivity contribution in [2.45, 2.75) is 12.5 Å². The molecule has 2 amide bonds. The zero-order valence-corrected chi connectivity index (χ0v) is 11.3. The average Bonchev–Trinajstić information content (AvgIpc) is 2.85. The van der Waals surface area contributed by atoms with Crippen LogP contribution in [-0.4, -0.2) is 28.1 Å². The molecule has 104 valence electrons. The number of amides is 2. The van der Waals surface area contributed by atoms with Gasteiger partial charge in [-0.05, 0) is 24.6 Å². The molecule has 0 fully saturated rings. The first kappa shape index (κ1) is 14.0. The minimum atomic E-state index is -1.10. The predicted molar refractivity (Wildman–Crippen MR) is 78.0 cm³/mol. The Hall–Kier alpha value is -2.41. The van der Waals surface area contributed by atoms with Crippen LogP contribution >= 0.6 is 11.3 Å². The van der Waals surface area contributed by atoms with E-state index in [1.165, 1.54) is 17.4 Å². The molecule has 3 N–H and O–H groups in total. The van der Waals surface area contributed by atoms with Gasteiger partial charge in [-0.1, -0.05) is 6.08 Å². The molecule has 0 radical (unpaired) electrons. The van der Waals surface area contributed by atoms with Gasteiger partial charge in [0.05, 0.1) is 15.7 Å². The Morgan fingerprint density at radius 1 is 1.50 bits per heavy atom. The lowest BCUT2D eigenvalue weighted by Crippen LogP contribution is -2.42. The van der Waals surface area contributed by atoms with Crippen molar-refractivity contribution in [1.29, 1.82) is 0 Å². The third-order valence-corrected chi connectivity index (χ3v) is 3.39. The smallest absolute Gasteiger partial charge is 0.326 e. The molecule has 2 aromatic rings. The normalized spacial score (nSPS) is 11.8. The zero-order valence-electron chi connectivity index (χ0n) is 10.5. The molecule has 1 heterocycles. The highest BCUT2D eigenvalue weighted by atomic mass is 32.1. The third kappa shape index (κ3) is 3.33. The number of nitrogens with one attached hydrogen (secondary N) is 2. The first-order valence-electron chi connectivity index (χ1n) is 5.84. The Balaban J connectivity index is 2.02. The summed E-state index contributed by atoms with van der Waals surface area (Å²) in [6.45, 7) is 3.46. The molecule has 0 aliphatic heterocycles. The molecule has 0 aliphatic carbocycles. The summed E-state index contributed by atoms with van der Waals surface area (Å²) in [6, 6.07) is 3.74. The highest BCUT2D eigenvalue weighted by molar-refractivity contribution is 7.16. The van der Waals surface area contributed by atoms with Gasteiger partial charge in [-0.3, -0.25) is 0 Å². The maximum absolute atomic E-state index is 11.7. The van der Waals surface area contributed by atoms with Crippen molar-refractivity contribution in [3.63, 3.8) is 0 Å². The van der Waals surface area contributed by atoms with Crippen LogP contribution in [0.3, 0.4) is 0 Å². The van der Waals surface area contributed by atoms with Crippen molar-refractivity contribution in [3.05, 3.63) is 36.4 Å². The highest BCUT2D eigenvalue weighted by Gasteiger charge is 2.18. The third-order valence-electron chi connectivity index (χ3n) is 2.59. The van der Waals surface area contributed by atoms with Gasteiger partial charge in [-0.25, -0.2) is 14.6 Å². The van der Waals surface area contributed by atoms with Crippen molar-refractivity contribution < 1.29 is 14.7 Å². The quantitative estimate of drug-likeness (QED) is 0.738. The lowest BCUT2D eigenvalue weighted by Gasteiger charge is -2.13. The lowest BCUT2D eigenvalue weighted by molar-refractivity contribution is -0.139. The number of fused-ring (bicyclic) bond motifs is 1. The van der Waals surface area contributed by atoms with E-state index in [4.69, 9.17) is 5.11 Å². The number of hydrogen-bond acceptors (Lipinski definition) is 4. The number of carboxylic acid groups (broad SMARTS) is 1. The molecular weight excluding hydrogens is 278 g/mol. The molecule has 0 saturated carbocycles. The number of carbonyl (C=O) groups is 2. The van der Waals surface area contributed by atoms with Crippen LogP contribution in [0.1, 0.15) is 6.42 Å². The van der Waals surface area contributed by atoms with E-state index in [0.717, 1.165) is 10.2 Å². The number of carbonyl (C=O) groups excluding carboxylic acids is 1. The van der Waals surface area contributed by atoms with Crippen LogP contribution in [0.15, 0.2) is 36.4 Å². The van der Waals surface area contributed by atoms with E-state index in [1.54, 1.807) is 23.7 Å². The van der Waals surface area contributed by atoms with Crippen molar-refractivity contribution >= 4 is 39.2 Å². The number of thiazole rings is 1. The van der Waals surface area contributed by atoms with Crippen molar-refractivity contribution in [1.82, 2.24) is 10.3 Å². The second-order valence-corrected chi connectivity index (χ2v) is 4.93. The maximum atomic E-state index is 11.7. The Kier molecular flexibility index (Phi) is 4.31. The Morgan fingerprint density at radius 3 is 3.00 bits per heavy atom. The van der Waals surface area contributed by atoms with E-state index < -0.39 is 18.0 Å². The monoisotopic (exact) mass is 291 g/mol. The molecule has 0 bridgehead atoms. The van der Waals surface area contributed by atoms with Crippen molar-refractivity contribution in [2.24, 2.45) is 0 Å². The number of benzene rings is 1. The van der Waals surface area contributed by atoms with Crippen LogP contribution in [0.4, 0.5) is 10.5 Å². The fraction of sp³-hybridized carbons (Fsp3) is 0.154. The summed E-state index contributed by atoms with van der Waals surface area (Å²) >= 11 is 1.47. The molecule has 1 atom stereocenters. The maximum Gasteiger partial charge on any atom is 0.326 e. The van der Waals surface area contributed by atoms with Gasteiger partial charge in [0.2, 0.25) is 0 Å². The number of aliphatic carboxylic acids is 1. The standard InChI is InChI=1S/C13H13N3O3S/c1-2-3-10(12(17)18)16-13(19)15-8-4-5-9-11(6-8)20-7-14-9/h2,4-7,10H,1,3H2,(H,17,18)(H2,15,16,19). The molecule has 1 aromatic carbocycles. The minimum Gasteiger partial charge on any atom is -0.480 e. The van der Waals surface area contributed by atoms with Crippen LogP contribution in [-0.2, 0) is 4.79 Å². The number of urea groups is 1. The summed E-state index contributed by atoms with van der Waals surface area (Å²) in [5.74, 6) is -1.10. The van der Waals surface area contributed by atoms with Gasteiger partial charge >= 0.3 is 12.0 Å². The molecule has 0 saturated heterocycles. The van der Waals surface area contributed by atoms with Crippen molar-refractivity contribution in [2.75, 3.05) is 5.32 Å². The molecule has 2 rings (SSSR count). The van der Waals surface area contributed by atoms with Crippen LogP contribution in [0, 0.1) is 0 Å². The summed E-state index contributed by atoms with van der Waals surface area (Å²) in [4.78, 5) is 26.8. The minimum absolute atomic E-state index is 0.163.